The number of hydrogen-bond donors (Lipinski definition) is 2. The largest absolute Gasteiger partial charge is 0.501 e. The van der Waals surface area contributed by atoms with Crippen molar-refractivity contribution in [2.75, 3.05) is 0 Å². The highest BCUT2D eigenvalue weighted by Gasteiger charge is 2.48. The van der Waals surface area contributed by atoms with Gasteiger partial charge in [-0.3, -0.25) is 14.9 Å². The molecule has 6 heteroatoms. The van der Waals surface area contributed by atoms with E-state index in [9.17, 15) is 14.7 Å². The van der Waals surface area contributed by atoms with Gasteiger partial charge in [0.25, 0.3) is 5.78 Å². The van der Waals surface area contributed by atoms with Crippen molar-refractivity contribution in [3.05, 3.63) is 34.0 Å². The first-order valence-electron chi connectivity index (χ1n) is 4.94. The standard InChI is InChI=1S/C11H11NO4S/c1-6(13)12-10-8(14)9(15)11(2,16-10)7-4-3-5-17-7/h3-5,14H,1-2H3,(H,12,13). The summed E-state index contributed by atoms with van der Waals surface area (Å²) in [5.74, 6) is -1.69. The molecule has 1 aromatic rings. The number of ketones is 1. The molecule has 2 rings (SSSR count). The molecule has 0 bridgehead atoms. The smallest absolute Gasteiger partial charge is 0.251 e. The van der Waals surface area contributed by atoms with Gasteiger partial charge in [0.15, 0.2) is 0 Å². The number of hydrogen-bond acceptors (Lipinski definition) is 5. The lowest BCUT2D eigenvalue weighted by Gasteiger charge is -2.21. The van der Waals surface area contributed by atoms with Crippen molar-refractivity contribution < 1.29 is 19.4 Å². The Hall–Kier alpha value is -1.82. The van der Waals surface area contributed by atoms with Gasteiger partial charge in [-0.25, -0.2) is 0 Å². The minimum absolute atomic E-state index is 0.182. The molecule has 90 valence electrons. The van der Waals surface area contributed by atoms with Gasteiger partial charge in [-0.15, -0.1) is 11.3 Å². The lowest BCUT2D eigenvalue weighted by Crippen LogP contribution is -2.31. The van der Waals surface area contributed by atoms with E-state index in [2.05, 4.69) is 5.32 Å². The molecule has 0 saturated carbocycles. The molecule has 0 radical (unpaired) electrons. The molecule has 2 N–H and O–H groups in total. The number of aliphatic hydroxyl groups excluding tert-OH is 1. The van der Waals surface area contributed by atoms with Crippen LogP contribution in [0.25, 0.3) is 0 Å². The summed E-state index contributed by atoms with van der Waals surface area (Å²) in [7, 11) is 0. The maximum atomic E-state index is 11.9. The van der Waals surface area contributed by atoms with Gasteiger partial charge in [-0.1, -0.05) is 6.07 Å². The molecule has 17 heavy (non-hydrogen) atoms. The predicted molar refractivity (Wildman–Crippen MR) is 61.2 cm³/mol. The van der Waals surface area contributed by atoms with E-state index in [1.165, 1.54) is 18.3 Å². The van der Waals surface area contributed by atoms with Gasteiger partial charge in [0.05, 0.1) is 4.88 Å². The number of ether oxygens (including phenoxy) is 1. The molecule has 1 aliphatic rings. The number of nitrogens with one attached hydrogen (secondary N) is 1. The highest BCUT2D eigenvalue weighted by Crippen LogP contribution is 2.38. The van der Waals surface area contributed by atoms with E-state index < -0.39 is 23.1 Å². The Bertz CT molecular complexity index is 506. The van der Waals surface area contributed by atoms with Gasteiger partial charge in [-0.05, 0) is 18.4 Å². The second-order valence-corrected chi connectivity index (χ2v) is 4.75. The number of amides is 1. The fourth-order valence-corrected chi connectivity index (χ4v) is 2.40. The second-order valence-electron chi connectivity index (χ2n) is 3.80. The zero-order chi connectivity index (χ0) is 12.6. The Morgan fingerprint density at radius 1 is 1.59 bits per heavy atom. The molecule has 0 aromatic carbocycles. The third-order valence-electron chi connectivity index (χ3n) is 2.45. The number of aliphatic hydroxyl groups is 1. The number of thiophene rings is 1. The molecular formula is C11H11NO4S. The molecule has 0 aliphatic carbocycles. The Kier molecular flexibility index (Phi) is 2.66. The predicted octanol–water partition coefficient (Wildman–Crippen LogP) is 1.43. The zero-order valence-electron chi connectivity index (χ0n) is 9.31. The minimum Gasteiger partial charge on any atom is -0.501 e. The van der Waals surface area contributed by atoms with Crippen molar-refractivity contribution in [1.29, 1.82) is 0 Å². The zero-order valence-corrected chi connectivity index (χ0v) is 10.1. The van der Waals surface area contributed by atoms with Crippen molar-refractivity contribution >= 4 is 23.0 Å². The van der Waals surface area contributed by atoms with E-state index >= 15 is 0 Å². The number of carbonyl (C=O) groups is 2. The lowest BCUT2D eigenvalue weighted by atomic mass is 9.99. The van der Waals surface area contributed by atoms with Crippen LogP contribution in [0.15, 0.2) is 29.2 Å². The van der Waals surface area contributed by atoms with E-state index in [0.717, 1.165) is 0 Å². The second kappa shape index (κ2) is 3.89. The third-order valence-corrected chi connectivity index (χ3v) is 3.52. The van der Waals surface area contributed by atoms with Gasteiger partial charge in [0.2, 0.25) is 23.2 Å². The van der Waals surface area contributed by atoms with Gasteiger partial charge in [0, 0.05) is 6.92 Å². The summed E-state index contributed by atoms with van der Waals surface area (Å²) in [6, 6.07) is 3.53. The van der Waals surface area contributed by atoms with Crippen LogP contribution in [0.4, 0.5) is 0 Å². The molecule has 1 aliphatic heterocycles. The Morgan fingerprint density at radius 2 is 2.29 bits per heavy atom. The first-order chi connectivity index (χ1) is 7.95. The van der Waals surface area contributed by atoms with Crippen LogP contribution in [0, 0.1) is 0 Å². The van der Waals surface area contributed by atoms with Crippen molar-refractivity contribution in [1.82, 2.24) is 5.32 Å². The topological polar surface area (TPSA) is 75.6 Å². The molecule has 1 amide bonds. The van der Waals surface area contributed by atoms with E-state index in [-0.39, 0.29) is 5.88 Å². The summed E-state index contributed by atoms with van der Waals surface area (Å²) in [5, 5.41) is 13.7. The van der Waals surface area contributed by atoms with Crippen molar-refractivity contribution in [3.63, 3.8) is 0 Å². The highest BCUT2D eigenvalue weighted by molar-refractivity contribution is 7.10. The van der Waals surface area contributed by atoms with Gasteiger partial charge < -0.3 is 9.84 Å². The van der Waals surface area contributed by atoms with Gasteiger partial charge >= 0.3 is 0 Å². The van der Waals surface area contributed by atoms with Crippen molar-refractivity contribution in [2.24, 2.45) is 0 Å². The van der Waals surface area contributed by atoms with E-state index in [1.54, 1.807) is 19.1 Å². The summed E-state index contributed by atoms with van der Waals surface area (Å²) >= 11 is 1.35. The Labute approximate surface area is 102 Å². The van der Waals surface area contributed by atoms with E-state index in [4.69, 9.17) is 4.74 Å². The summed E-state index contributed by atoms with van der Waals surface area (Å²) in [4.78, 5) is 23.5. The van der Waals surface area contributed by atoms with Crippen LogP contribution in [0.2, 0.25) is 0 Å². The molecule has 1 unspecified atom stereocenters. The summed E-state index contributed by atoms with van der Waals surface area (Å²) in [6.45, 7) is 2.83. The fourth-order valence-electron chi connectivity index (χ4n) is 1.58. The van der Waals surface area contributed by atoms with E-state index in [1.807, 2.05) is 5.38 Å². The lowest BCUT2D eigenvalue weighted by molar-refractivity contribution is -0.132. The minimum atomic E-state index is -1.25. The molecule has 2 heterocycles. The van der Waals surface area contributed by atoms with Gasteiger partial charge in [-0.2, -0.15) is 0 Å². The molecule has 0 fully saturated rings. The highest BCUT2D eigenvalue weighted by atomic mass is 32.1. The fraction of sp³-hybridized carbons (Fsp3) is 0.273. The van der Waals surface area contributed by atoms with Crippen LogP contribution in [0.3, 0.4) is 0 Å². The van der Waals surface area contributed by atoms with Crippen LogP contribution in [-0.2, 0) is 19.9 Å². The average molecular weight is 253 g/mol. The van der Waals surface area contributed by atoms with Crippen LogP contribution < -0.4 is 5.32 Å². The van der Waals surface area contributed by atoms with Gasteiger partial charge in [0.1, 0.15) is 0 Å². The molecule has 5 nitrogen and oxygen atoms in total. The molecule has 1 aromatic heterocycles. The summed E-state index contributed by atoms with van der Waals surface area (Å²) < 4.78 is 5.39. The normalized spacial score (nSPS) is 23.8. The molecular weight excluding hydrogens is 242 g/mol. The van der Waals surface area contributed by atoms with Crippen LogP contribution in [0.5, 0.6) is 0 Å². The van der Waals surface area contributed by atoms with Crippen LogP contribution >= 0.6 is 11.3 Å². The maximum Gasteiger partial charge on any atom is 0.251 e. The monoisotopic (exact) mass is 253 g/mol. The van der Waals surface area contributed by atoms with Crippen LogP contribution in [-0.4, -0.2) is 16.8 Å². The van der Waals surface area contributed by atoms with Crippen LogP contribution in [0.1, 0.15) is 18.7 Å². The average Bonchev–Trinajstić information content (AvgIpc) is 2.84. The SMILES string of the molecule is CC(=O)NC1=C(O)C(=O)C(C)(c2cccs2)O1. The Morgan fingerprint density at radius 3 is 2.82 bits per heavy atom. The molecule has 0 saturated heterocycles. The first kappa shape index (κ1) is 11.7. The number of rotatable bonds is 2. The number of carbonyl (C=O) groups excluding carboxylic acids is 2. The maximum absolute atomic E-state index is 11.9. The number of Topliss-reactive ketones (excluding diaryl/α,β-unsaturated/α-hetero) is 1. The van der Waals surface area contributed by atoms with Crippen molar-refractivity contribution in [2.45, 2.75) is 19.4 Å². The van der Waals surface area contributed by atoms with E-state index in [0.29, 0.717) is 4.88 Å². The summed E-state index contributed by atoms with van der Waals surface area (Å²) in [6.07, 6.45) is 0. The first-order valence-corrected chi connectivity index (χ1v) is 5.81. The molecule has 0 spiro atoms. The molecule has 1 atom stereocenters. The third kappa shape index (κ3) is 1.80. The quantitative estimate of drug-likeness (QED) is 0.836. The summed E-state index contributed by atoms with van der Waals surface area (Å²) in [5.41, 5.74) is -1.25. The Balaban J connectivity index is 2.34. The van der Waals surface area contributed by atoms with Crippen molar-refractivity contribution in [3.8, 4) is 0 Å².